The lowest BCUT2D eigenvalue weighted by molar-refractivity contribution is 0.470. The second-order valence-electron chi connectivity index (χ2n) is 3.86. The summed E-state index contributed by atoms with van der Waals surface area (Å²) in [6.07, 6.45) is 1.04. The molecular formula is C11H14BrNO. The molecule has 0 saturated carbocycles. The molecule has 0 aliphatic carbocycles. The van der Waals surface area contributed by atoms with Gasteiger partial charge >= 0.3 is 0 Å². The maximum absolute atomic E-state index is 9.62. The highest BCUT2D eigenvalue weighted by Crippen LogP contribution is 2.32. The summed E-state index contributed by atoms with van der Waals surface area (Å²) in [5.74, 6) is 0.823. The van der Waals surface area contributed by atoms with Crippen LogP contribution in [0.5, 0.6) is 5.75 Å². The Morgan fingerprint density at radius 1 is 1.50 bits per heavy atom. The van der Waals surface area contributed by atoms with Crippen LogP contribution in [-0.4, -0.2) is 18.2 Å². The molecule has 0 radical (unpaired) electrons. The van der Waals surface area contributed by atoms with Gasteiger partial charge in [0.1, 0.15) is 5.75 Å². The van der Waals surface area contributed by atoms with Crippen LogP contribution in [0.1, 0.15) is 24.0 Å². The molecule has 0 spiro atoms. The van der Waals surface area contributed by atoms with Crippen molar-refractivity contribution in [1.29, 1.82) is 0 Å². The summed E-state index contributed by atoms with van der Waals surface area (Å²) in [4.78, 5) is 0. The average molecular weight is 256 g/mol. The fourth-order valence-corrected chi connectivity index (χ4v) is 2.34. The van der Waals surface area contributed by atoms with Crippen molar-refractivity contribution in [3.8, 4) is 5.75 Å². The maximum Gasteiger partial charge on any atom is 0.130 e. The molecule has 2 N–H and O–H groups in total. The van der Waals surface area contributed by atoms with E-state index in [2.05, 4.69) is 28.2 Å². The molecule has 1 aromatic carbocycles. The minimum absolute atomic E-state index is 0.345. The molecule has 0 aromatic heterocycles. The molecule has 0 saturated heterocycles. The van der Waals surface area contributed by atoms with Crippen LogP contribution in [0.2, 0.25) is 0 Å². The Morgan fingerprint density at radius 3 is 3.07 bits per heavy atom. The van der Waals surface area contributed by atoms with E-state index >= 15 is 0 Å². The van der Waals surface area contributed by atoms with Crippen molar-refractivity contribution in [2.75, 3.05) is 13.1 Å². The largest absolute Gasteiger partial charge is 0.507 e. The summed E-state index contributed by atoms with van der Waals surface area (Å²) in [5, 5.41) is 13.0. The van der Waals surface area contributed by atoms with Crippen LogP contribution in [-0.2, 0) is 6.42 Å². The predicted octanol–water partition coefficient (Wildman–Crippen LogP) is 2.40. The molecule has 0 amide bonds. The van der Waals surface area contributed by atoms with Gasteiger partial charge < -0.3 is 10.4 Å². The molecule has 76 valence electrons. The topological polar surface area (TPSA) is 32.3 Å². The zero-order valence-corrected chi connectivity index (χ0v) is 9.76. The molecule has 1 aliphatic heterocycles. The van der Waals surface area contributed by atoms with Crippen molar-refractivity contribution < 1.29 is 5.11 Å². The SMILES string of the molecule is CC1CNCCc2cc(Br)c(O)cc21. The van der Waals surface area contributed by atoms with Crippen LogP contribution in [0, 0.1) is 0 Å². The van der Waals surface area contributed by atoms with Gasteiger partial charge in [0.05, 0.1) is 4.47 Å². The number of benzene rings is 1. The lowest BCUT2D eigenvalue weighted by atomic mass is 9.95. The second-order valence-corrected chi connectivity index (χ2v) is 4.71. The van der Waals surface area contributed by atoms with Gasteiger partial charge in [0.25, 0.3) is 0 Å². The van der Waals surface area contributed by atoms with Crippen LogP contribution in [0.4, 0.5) is 0 Å². The average Bonchev–Trinajstić information content (AvgIpc) is 2.31. The molecule has 1 unspecified atom stereocenters. The van der Waals surface area contributed by atoms with Crippen molar-refractivity contribution >= 4 is 15.9 Å². The van der Waals surface area contributed by atoms with E-state index in [9.17, 15) is 5.11 Å². The Morgan fingerprint density at radius 2 is 2.29 bits per heavy atom. The lowest BCUT2D eigenvalue weighted by Gasteiger charge is -2.13. The van der Waals surface area contributed by atoms with Crippen LogP contribution >= 0.6 is 15.9 Å². The third-order valence-electron chi connectivity index (χ3n) is 2.76. The quantitative estimate of drug-likeness (QED) is 0.747. The monoisotopic (exact) mass is 255 g/mol. The first kappa shape index (κ1) is 9.99. The van der Waals surface area contributed by atoms with Crippen LogP contribution in [0.25, 0.3) is 0 Å². The van der Waals surface area contributed by atoms with Gasteiger partial charge in [-0.1, -0.05) is 6.92 Å². The smallest absolute Gasteiger partial charge is 0.130 e. The number of aromatic hydroxyl groups is 1. The summed E-state index contributed by atoms with van der Waals surface area (Å²) in [6.45, 7) is 4.20. The van der Waals surface area contributed by atoms with E-state index in [0.29, 0.717) is 11.7 Å². The number of nitrogens with one attached hydrogen (secondary N) is 1. The summed E-state index contributed by atoms with van der Waals surface area (Å²) >= 11 is 3.35. The Hall–Kier alpha value is -0.540. The highest BCUT2D eigenvalue weighted by molar-refractivity contribution is 9.10. The fourth-order valence-electron chi connectivity index (χ4n) is 1.95. The van der Waals surface area contributed by atoms with Gasteiger partial charge in [0.2, 0.25) is 0 Å². The molecule has 0 bridgehead atoms. The summed E-state index contributed by atoms with van der Waals surface area (Å²) < 4.78 is 0.797. The predicted molar refractivity (Wildman–Crippen MR) is 60.8 cm³/mol. The van der Waals surface area contributed by atoms with Crippen molar-refractivity contribution in [3.63, 3.8) is 0 Å². The molecule has 2 nitrogen and oxygen atoms in total. The highest BCUT2D eigenvalue weighted by Gasteiger charge is 2.16. The molecule has 1 atom stereocenters. The number of phenolic OH excluding ortho intramolecular Hbond substituents is 1. The van der Waals surface area contributed by atoms with E-state index in [1.165, 1.54) is 11.1 Å². The zero-order chi connectivity index (χ0) is 10.1. The molecule has 1 aliphatic rings. The van der Waals surface area contributed by atoms with E-state index in [0.717, 1.165) is 24.0 Å². The highest BCUT2D eigenvalue weighted by atomic mass is 79.9. The molecule has 14 heavy (non-hydrogen) atoms. The summed E-state index contributed by atoms with van der Waals surface area (Å²) in [5.41, 5.74) is 2.61. The third-order valence-corrected chi connectivity index (χ3v) is 3.40. The number of hydrogen-bond donors (Lipinski definition) is 2. The Labute approximate surface area is 92.5 Å². The van der Waals surface area contributed by atoms with Gasteiger partial charge in [0, 0.05) is 6.54 Å². The van der Waals surface area contributed by atoms with E-state index in [1.54, 1.807) is 0 Å². The van der Waals surface area contributed by atoms with E-state index < -0.39 is 0 Å². The minimum atomic E-state index is 0.345. The van der Waals surface area contributed by atoms with E-state index in [1.807, 2.05) is 12.1 Å². The van der Waals surface area contributed by atoms with E-state index in [-0.39, 0.29) is 0 Å². The zero-order valence-electron chi connectivity index (χ0n) is 8.18. The van der Waals surface area contributed by atoms with E-state index in [4.69, 9.17) is 0 Å². The van der Waals surface area contributed by atoms with Gasteiger partial charge in [-0.3, -0.25) is 0 Å². The molecule has 0 fully saturated rings. The lowest BCUT2D eigenvalue weighted by Crippen LogP contribution is -2.18. The Balaban J connectivity index is 2.49. The Kier molecular flexibility index (Phi) is 2.79. The first-order valence-corrected chi connectivity index (χ1v) is 5.70. The molecule has 1 heterocycles. The van der Waals surface area contributed by atoms with Crippen LogP contribution in [0.15, 0.2) is 16.6 Å². The van der Waals surface area contributed by atoms with Gasteiger partial charge in [-0.15, -0.1) is 0 Å². The Bertz CT molecular complexity index is 351. The van der Waals surface area contributed by atoms with Gasteiger partial charge in [0.15, 0.2) is 0 Å². The summed E-state index contributed by atoms with van der Waals surface area (Å²) in [6, 6.07) is 3.92. The first-order chi connectivity index (χ1) is 6.68. The molecule has 1 aromatic rings. The molecular weight excluding hydrogens is 242 g/mol. The van der Waals surface area contributed by atoms with Crippen LogP contribution in [0.3, 0.4) is 0 Å². The maximum atomic E-state index is 9.62. The van der Waals surface area contributed by atoms with Gasteiger partial charge in [-0.05, 0) is 58.1 Å². The van der Waals surface area contributed by atoms with Gasteiger partial charge in [-0.2, -0.15) is 0 Å². The molecule has 2 rings (SSSR count). The number of rotatable bonds is 0. The number of fused-ring (bicyclic) bond motifs is 1. The van der Waals surface area contributed by atoms with Crippen LogP contribution < -0.4 is 5.32 Å². The fraction of sp³-hybridized carbons (Fsp3) is 0.455. The normalized spacial score (nSPS) is 21.4. The van der Waals surface area contributed by atoms with Crippen molar-refractivity contribution in [1.82, 2.24) is 5.32 Å². The molecule has 3 heteroatoms. The minimum Gasteiger partial charge on any atom is -0.507 e. The number of phenols is 1. The standard InChI is InChI=1S/C11H14BrNO/c1-7-6-13-3-2-8-4-10(12)11(14)5-9(7)8/h4-5,7,13-14H,2-3,6H2,1H3. The first-order valence-electron chi connectivity index (χ1n) is 4.90. The van der Waals surface area contributed by atoms with Crippen molar-refractivity contribution in [2.24, 2.45) is 0 Å². The summed E-state index contributed by atoms with van der Waals surface area (Å²) in [7, 11) is 0. The number of hydrogen-bond acceptors (Lipinski definition) is 2. The van der Waals surface area contributed by atoms with Crippen molar-refractivity contribution in [3.05, 3.63) is 27.7 Å². The second kappa shape index (κ2) is 3.91. The third kappa shape index (κ3) is 1.79. The van der Waals surface area contributed by atoms with Crippen molar-refractivity contribution in [2.45, 2.75) is 19.3 Å². The van der Waals surface area contributed by atoms with Gasteiger partial charge in [-0.25, -0.2) is 0 Å². The number of halogens is 1.